The fourth-order valence-electron chi connectivity index (χ4n) is 4.32. The van der Waals surface area contributed by atoms with Gasteiger partial charge in [0.25, 0.3) is 5.56 Å². The second-order valence-electron chi connectivity index (χ2n) is 8.23. The first-order valence-electron chi connectivity index (χ1n) is 11.6. The van der Waals surface area contributed by atoms with Crippen LogP contribution in [0, 0.1) is 10.1 Å². The summed E-state index contributed by atoms with van der Waals surface area (Å²) in [5, 5.41) is 21.7. The second kappa shape index (κ2) is 11.0. The van der Waals surface area contributed by atoms with Gasteiger partial charge in [0.1, 0.15) is 0 Å². The van der Waals surface area contributed by atoms with E-state index in [1.165, 1.54) is 44.1 Å². The predicted octanol–water partition coefficient (Wildman–Crippen LogP) is 2.44. The van der Waals surface area contributed by atoms with Gasteiger partial charge in [-0.2, -0.15) is 0 Å². The summed E-state index contributed by atoms with van der Waals surface area (Å²) in [6, 6.07) is 6.30. The molecule has 1 aliphatic rings. The Morgan fingerprint density at radius 2 is 1.87 bits per heavy atom. The predicted molar refractivity (Wildman–Crippen MR) is 141 cm³/mol. The van der Waals surface area contributed by atoms with Crippen molar-refractivity contribution in [1.29, 1.82) is 0 Å². The van der Waals surface area contributed by atoms with Crippen molar-refractivity contribution >= 4 is 29.1 Å². The van der Waals surface area contributed by atoms with E-state index in [4.69, 9.17) is 18.9 Å². The Balaban J connectivity index is 2.03. The number of nitro benzene ring substituents is 1. The summed E-state index contributed by atoms with van der Waals surface area (Å²) in [6.45, 7) is 3.41. The molecule has 39 heavy (non-hydrogen) atoms. The van der Waals surface area contributed by atoms with Crippen LogP contribution < -0.4 is 29.1 Å². The zero-order chi connectivity index (χ0) is 28.4. The molecule has 13 heteroatoms. The largest absolute Gasteiger partial charge is 0.502 e. The van der Waals surface area contributed by atoms with Gasteiger partial charge in [-0.3, -0.25) is 19.5 Å². The SMILES string of the molecule is CCOC(=O)C1=C(C)N=c2sc(=Cc3cccc([N+](=O)[O-])c3O)c(=O)n2[C@@H]1c1cc(OC)c(OC)c(OC)c1. The normalized spacial score (nSPS) is 14.9. The highest BCUT2D eigenvalue weighted by molar-refractivity contribution is 7.07. The number of allylic oxidation sites excluding steroid dienone is 1. The number of rotatable bonds is 8. The number of benzene rings is 2. The molecule has 0 amide bonds. The zero-order valence-corrected chi connectivity index (χ0v) is 22.5. The smallest absolute Gasteiger partial charge is 0.338 e. The third kappa shape index (κ3) is 4.83. The maximum Gasteiger partial charge on any atom is 0.338 e. The Bertz CT molecular complexity index is 1660. The number of para-hydroxylation sites is 1. The van der Waals surface area contributed by atoms with Gasteiger partial charge in [0.05, 0.1) is 54.7 Å². The molecule has 2 heterocycles. The van der Waals surface area contributed by atoms with E-state index in [2.05, 4.69) is 4.99 Å². The van der Waals surface area contributed by atoms with Crippen molar-refractivity contribution in [3.8, 4) is 23.0 Å². The molecular weight excluding hydrogens is 530 g/mol. The Kier molecular flexibility index (Phi) is 7.72. The number of nitro groups is 1. The summed E-state index contributed by atoms with van der Waals surface area (Å²) < 4.78 is 23.2. The number of hydrogen-bond acceptors (Lipinski definition) is 11. The number of phenols is 1. The minimum Gasteiger partial charge on any atom is -0.502 e. The van der Waals surface area contributed by atoms with Gasteiger partial charge < -0.3 is 24.1 Å². The molecule has 1 aromatic heterocycles. The minimum atomic E-state index is -0.977. The molecule has 4 rings (SSSR count). The van der Waals surface area contributed by atoms with Crippen molar-refractivity contribution in [2.24, 2.45) is 4.99 Å². The van der Waals surface area contributed by atoms with Gasteiger partial charge in [-0.05, 0) is 37.6 Å². The topological polar surface area (TPSA) is 152 Å². The third-order valence-electron chi connectivity index (χ3n) is 6.05. The lowest BCUT2D eigenvalue weighted by atomic mass is 9.95. The van der Waals surface area contributed by atoms with Crippen molar-refractivity contribution in [1.82, 2.24) is 4.57 Å². The first-order valence-corrected chi connectivity index (χ1v) is 12.4. The van der Waals surface area contributed by atoms with Gasteiger partial charge in [0.15, 0.2) is 16.3 Å². The van der Waals surface area contributed by atoms with Crippen LogP contribution in [0.15, 0.2) is 51.4 Å². The highest BCUT2D eigenvalue weighted by Gasteiger charge is 2.34. The number of methoxy groups -OCH3 is 3. The Labute approximate surface area is 225 Å². The van der Waals surface area contributed by atoms with Gasteiger partial charge in [0.2, 0.25) is 11.5 Å². The maximum atomic E-state index is 13.8. The molecule has 1 N–H and O–H groups in total. The highest BCUT2D eigenvalue weighted by atomic mass is 32.1. The number of thiazole rings is 1. The number of carbonyl (C=O) groups is 1. The number of ether oxygens (including phenoxy) is 4. The molecule has 0 fully saturated rings. The molecule has 12 nitrogen and oxygen atoms in total. The van der Waals surface area contributed by atoms with E-state index in [0.29, 0.717) is 28.5 Å². The number of hydrogen-bond donors (Lipinski definition) is 1. The molecule has 0 spiro atoms. The first-order chi connectivity index (χ1) is 18.7. The van der Waals surface area contributed by atoms with Crippen LogP contribution in [0.3, 0.4) is 0 Å². The lowest BCUT2D eigenvalue weighted by Gasteiger charge is -2.26. The van der Waals surface area contributed by atoms with Crippen LogP contribution in [0.4, 0.5) is 5.69 Å². The molecule has 204 valence electrons. The van der Waals surface area contributed by atoms with Crippen LogP contribution in [-0.2, 0) is 9.53 Å². The number of aromatic hydroxyl groups is 1. The van der Waals surface area contributed by atoms with E-state index in [9.17, 15) is 24.8 Å². The van der Waals surface area contributed by atoms with E-state index in [-0.39, 0.29) is 27.1 Å². The molecule has 2 aromatic carbocycles. The average Bonchev–Trinajstić information content (AvgIpc) is 3.21. The fraction of sp³-hybridized carbons (Fsp3) is 0.269. The van der Waals surface area contributed by atoms with Gasteiger partial charge in [-0.1, -0.05) is 23.5 Å². The van der Waals surface area contributed by atoms with Crippen LogP contribution in [0.5, 0.6) is 23.0 Å². The first kappa shape index (κ1) is 27.4. The van der Waals surface area contributed by atoms with E-state index in [1.807, 2.05) is 0 Å². The summed E-state index contributed by atoms with van der Waals surface area (Å²) in [7, 11) is 4.36. The number of esters is 1. The third-order valence-corrected chi connectivity index (χ3v) is 7.03. The van der Waals surface area contributed by atoms with Crippen molar-refractivity contribution < 1.29 is 33.8 Å². The van der Waals surface area contributed by atoms with Crippen molar-refractivity contribution in [2.75, 3.05) is 27.9 Å². The van der Waals surface area contributed by atoms with Crippen molar-refractivity contribution in [3.63, 3.8) is 0 Å². The maximum absolute atomic E-state index is 13.8. The van der Waals surface area contributed by atoms with Crippen LogP contribution >= 0.6 is 11.3 Å². The van der Waals surface area contributed by atoms with E-state index in [1.54, 1.807) is 26.0 Å². The number of phenolic OH excluding ortho intramolecular Hbond substituents is 1. The standard InChI is InChI=1S/C26H25N3O9S/c1-6-38-25(32)20-13(2)27-26-28(21(20)15-10-17(35-3)23(37-5)18(11-15)36-4)24(31)19(39-26)12-14-8-7-9-16(22(14)30)29(33)34/h7-12,21,30H,6H2,1-5H3/t21-/m1/s1. The highest BCUT2D eigenvalue weighted by Crippen LogP contribution is 2.42. The van der Waals surface area contributed by atoms with Gasteiger partial charge in [-0.15, -0.1) is 0 Å². The summed E-state index contributed by atoms with van der Waals surface area (Å²) in [5.74, 6) is -0.265. The lowest BCUT2D eigenvalue weighted by Crippen LogP contribution is -2.40. The molecule has 0 radical (unpaired) electrons. The molecule has 0 unspecified atom stereocenters. The van der Waals surface area contributed by atoms with Crippen LogP contribution in [0.1, 0.15) is 31.0 Å². The molecule has 3 aromatic rings. The summed E-state index contributed by atoms with van der Waals surface area (Å²) in [6.07, 6.45) is 1.35. The average molecular weight is 556 g/mol. The fourth-order valence-corrected chi connectivity index (χ4v) is 5.36. The zero-order valence-electron chi connectivity index (χ0n) is 21.7. The van der Waals surface area contributed by atoms with Crippen LogP contribution in [0.2, 0.25) is 0 Å². The van der Waals surface area contributed by atoms with Crippen LogP contribution in [-0.4, -0.2) is 48.5 Å². The molecule has 0 bridgehead atoms. The monoisotopic (exact) mass is 555 g/mol. The molecular formula is C26H25N3O9S. The quantitative estimate of drug-likeness (QED) is 0.251. The Hall–Kier alpha value is -4.65. The summed E-state index contributed by atoms with van der Waals surface area (Å²) in [4.78, 5) is 42.3. The Morgan fingerprint density at radius 1 is 1.21 bits per heavy atom. The molecule has 0 saturated heterocycles. The second-order valence-corrected chi connectivity index (χ2v) is 9.24. The summed E-state index contributed by atoms with van der Waals surface area (Å²) >= 11 is 1.01. The van der Waals surface area contributed by atoms with Gasteiger partial charge in [0, 0.05) is 11.6 Å². The summed E-state index contributed by atoms with van der Waals surface area (Å²) in [5.41, 5.74) is 0.0132. The van der Waals surface area contributed by atoms with Gasteiger partial charge in [-0.25, -0.2) is 9.79 Å². The number of aromatic nitrogens is 1. The van der Waals surface area contributed by atoms with E-state index in [0.717, 1.165) is 17.4 Å². The molecule has 0 aliphatic carbocycles. The van der Waals surface area contributed by atoms with Crippen LogP contribution in [0.25, 0.3) is 6.08 Å². The van der Waals surface area contributed by atoms with Crippen molar-refractivity contribution in [2.45, 2.75) is 19.9 Å². The number of fused-ring (bicyclic) bond motifs is 1. The van der Waals surface area contributed by atoms with E-state index < -0.39 is 33.9 Å². The molecule has 1 atom stereocenters. The van der Waals surface area contributed by atoms with Gasteiger partial charge >= 0.3 is 11.7 Å². The number of nitrogens with zero attached hydrogens (tertiary/aromatic N) is 3. The van der Waals surface area contributed by atoms with Crippen molar-refractivity contribution in [3.05, 3.63) is 82.5 Å². The molecule has 1 aliphatic heterocycles. The Morgan fingerprint density at radius 3 is 2.44 bits per heavy atom. The lowest BCUT2D eigenvalue weighted by molar-refractivity contribution is -0.385. The minimum absolute atomic E-state index is 0.0835. The van der Waals surface area contributed by atoms with E-state index >= 15 is 0 Å². The molecule has 0 saturated carbocycles. The number of carbonyl (C=O) groups excluding carboxylic acids is 1.